The number of nitrogens with one attached hydrogen (secondary N) is 1. The number of hydrogen-bond donors (Lipinski definition) is 2. The van der Waals surface area contributed by atoms with E-state index in [4.69, 9.17) is 10.6 Å². The molecule has 1 aromatic carbocycles. The third kappa shape index (κ3) is 3.78. The molecule has 0 spiro atoms. The number of aliphatic imine (C=N–C) groups is 1. The Hall–Kier alpha value is -1.95. The van der Waals surface area contributed by atoms with Gasteiger partial charge in [-0.15, -0.1) is 0 Å². The van der Waals surface area contributed by atoms with E-state index in [9.17, 15) is 0 Å². The topological polar surface area (TPSA) is 66.1 Å². The summed E-state index contributed by atoms with van der Waals surface area (Å²) in [5.41, 5.74) is 3.85. The van der Waals surface area contributed by atoms with Crippen molar-refractivity contribution >= 4 is 11.6 Å². The molecule has 6 nitrogen and oxygen atoms in total. The van der Waals surface area contributed by atoms with Gasteiger partial charge in [-0.1, -0.05) is 12.1 Å². The minimum Gasteiger partial charge on any atom is -0.495 e. The Bertz CT molecular complexity index is 481. The molecule has 0 bridgehead atoms. The van der Waals surface area contributed by atoms with Crippen LogP contribution in [0.5, 0.6) is 5.75 Å². The van der Waals surface area contributed by atoms with Crippen molar-refractivity contribution in [1.82, 2.24) is 10.3 Å². The van der Waals surface area contributed by atoms with Gasteiger partial charge in [0.05, 0.1) is 12.8 Å². The number of benzene rings is 1. The summed E-state index contributed by atoms with van der Waals surface area (Å²) in [5.74, 6) is 7.27. The van der Waals surface area contributed by atoms with Gasteiger partial charge in [-0.2, -0.15) is 0 Å². The van der Waals surface area contributed by atoms with Crippen molar-refractivity contribution in [3.05, 3.63) is 24.3 Å². The standard InChI is InChI=1S/C15H25N5O/c1-12(2)17-15(18-16)20-10-8-19(9-11-20)13-6-4-5-7-14(13)21-3/h4-7,12H,8-11,16H2,1-3H3,(H,17,18). The summed E-state index contributed by atoms with van der Waals surface area (Å²) in [4.78, 5) is 9.03. The molecule has 0 aliphatic carbocycles. The molecule has 0 amide bonds. The van der Waals surface area contributed by atoms with Crippen LogP contribution in [0.25, 0.3) is 0 Å². The van der Waals surface area contributed by atoms with Crippen molar-refractivity contribution in [3.63, 3.8) is 0 Å². The van der Waals surface area contributed by atoms with E-state index in [2.05, 4.69) is 26.3 Å². The number of anilines is 1. The van der Waals surface area contributed by atoms with Gasteiger partial charge in [-0.3, -0.25) is 5.43 Å². The SMILES string of the molecule is COc1ccccc1N1CCN(C(=NC(C)C)NN)CC1. The number of hydrogen-bond acceptors (Lipinski definition) is 4. The van der Waals surface area contributed by atoms with Crippen molar-refractivity contribution in [1.29, 1.82) is 0 Å². The van der Waals surface area contributed by atoms with Gasteiger partial charge in [0.25, 0.3) is 0 Å². The van der Waals surface area contributed by atoms with E-state index in [1.54, 1.807) is 7.11 Å². The lowest BCUT2D eigenvalue weighted by Gasteiger charge is -2.37. The number of nitrogens with zero attached hydrogens (tertiary/aromatic N) is 3. The Labute approximate surface area is 126 Å². The van der Waals surface area contributed by atoms with Crippen LogP contribution < -0.4 is 20.9 Å². The summed E-state index contributed by atoms with van der Waals surface area (Å²) in [6.07, 6.45) is 0. The second-order valence-corrected chi connectivity index (χ2v) is 5.34. The van der Waals surface area contributed by atoms with Gasteiger partial charge in [0.15, 0.2) is 0 Å². The molecule has 3 N–H and O–H groups in total. The van der Waals surface area contributed by atoms with Gasteiger partial charge in [-0.25, -0.2) is 10.8 Å². The molecule has 1 heterocycles. The first-order chi connectivity index (χ1) is 10.2. The Kier molecular flexibility index (Phi) is 5.27. The highest BCUT2D eigenvalue weighted by Crippen LogP contribution is 2.28. The smallest absolute Gasteiger partial charge is 0.208 e. The summed E-state index contributed by atoms with van der Waals surface area (Å²) < 4.78 is 5.44. The molecule has 1 aromatic rings. The predicted octanol–water partition coefficient (Wildman–Crippen LogP) is 1.04. The first kappa shape index (κ1) is 15.4. The predicted molar refractivity (Wildman–Crippen MR) is 86.7 cm³/mol. The minimum absolute atomic E-state index is 0.225. The number of piperazine rings is 1. The van der Waals surface area contributed by atoms with Crippen LogP contribution in [0.1, 0.15) is 13.8 Å². The molecule has 6 heteroatoms. The Balaban J connectivity index is 2.03. The zero-order chi connectivity index (χ0) is 15.2. The minimum atomic E-state index is 0.225. The fourth-order valence-electron chi connectivity index (χ4n) is 2.50. The van der Waals surface area contributed by atoms with E-state index in [0.29, 0.717) is 0 Å². The van der Waals surface area contributed by atoms with Crippen LogP contribution in [0, 0.1) is 0 Å². The number of ether oxygens (including phenoxy) is 1. The maximum atomic E-state index is 5.59. The summed E-state index contributed by atoms with van der Waals surface area (Å²) in [5, 5.41) is 0. The molecule has 0 saturated carbocycles. The second kappa shape index (κ2) is 7.17. The largest absolute Gasteiger partial charge is 0.495 e. The van der Waals surface area contributed by atoms with E-state index >= 15 is 0 Å². The number of hydrazine groups is 1. The zero-order valence-corrected chi connectivity index (χ0v) is 13.0. The van der Waals surface area contributed by atoms with Gasteiger partial charge in [-0.05, 0) is 26.0 Å². The van der Waals surface area contributed by atoms with Gasteiger partial charge in [0.2, 0.25) is 5.96 Å². The molecule has 1 saturated heterocycles. The lowest BCUT2D eigenvalue weighted by Crippen LogP contribution is -2.54. The number of rotatable bonds is 3. The van der Waals surface area contributed by atoms with E-state index in [0.717, 1.165) is 43.6 Å². The van der Waals surface area contributed by atoms with Crippen LogP contribution in [0.3, 0.4) is 0 Å². The monoisotopic (exact) mass is 291 g/mol. The molecule has 116 valence electrons. The van der Waals surface area contributed by atoms with Crippen LogP contribution in [0.4, 0.5) is 5.69 Å². The number of para-hydroxylation sites is 2. The first-order valence-corrected chi connectivity index (χ1v) is 7.33. The van der Waals surface area contributed by atoms with Gasteiger partial charge < -0.3 is 14.5 Å². The Morgan fingerprint density at radius 3 is 2.48 bits per heavy atom. The number of nitrogens with two attached hydrogens (primary N) is 1. The van der Waals surface area contributed by atoms with E-state index in [1.807, 2.05) is 32.0 Å². The number of methoxy groups -OCH3 is 1. The molecule has 0 unspecified atom stereocenters. The Morgan fingerprint density at radius 2 is 1.90 bits per heavy atom. The molecule has 1 fully saturated rings. The highest BCUT2D eigenvalue weighted by Gasteiger charge is 2.21. The fraction of sp³-hybridized carbons (Fsp3) is 0.533. The van der Waals surface area contributed by atoms with Crippen molar-refractivity contribution in [2.24, 2.45) is 10.8 Å². The fourth-order valence-corrected chi connectivity index (χ4v) is 2.50. The molecule has 2 rings (SSSR count). The van der Waals surface area contributed by atoms with Crippen molar-refractivity contribution < 1.29 is 4.74 Å². The Morgan fingerprint density at radius 1 is 1.24 bits per heavy atom. The molecule has 0 atom stereocenters. The van der Waals surface area contributed by atoms with Crippen molar-refractivity contribution in [2.45, 2.75) is 19.9 Å². The van der Waals surface area contributed by atoms with Crippen LogP contribution in [0.15, 0.2) is 29.3 Å². The third-order valence-electron chi connectivity index (χ3n) is 3.51. The molecule has 0 radical (unpaired) electrons. The summed E-state index contributed by atoms with van der Waals surface area (Å²) in [6.45, 7) is 7.69. The lowest BCUT2D eigenvalue weighted by molar-refractivity contribution is 0.366. The van der Waals surface area contributed by atoms with E-state index in [1.165, 1.54) is 0 Å². The molecule has 0 aromatic heterocycles. The molecule has 21 heavy (non-hydrogen) atoms. The van der Waals surface area contributed by atoms with E-state index in [-0.39, 0.29) is 6.04 Å². The van der Waals surface area contributed by atoms with Crippen LogP contribution in [-0.2, 0) is 0 Å². The molecular formula is C15H25N5O. The van der Waals surface area contributed by atoms with Crippen molar-refractivity contribution in [3.8, 4) is 5.75 Å². The average molecular weight is 291 g/mol. The van der Waals surface area contributed by atoms with Crippen molar-refractivity contribution in [2.75, 3.05) is 38.2 Å². The van der Waals surface area contributed by atoms with Gasteiger partial charge >= 0.3 is 0 Å². The molecule has 1 aliphatic heterocycles. The molecular weight excluding hydrogens is 266 g/mol. The maximum Gasteiger partial charge on any atom is 0.208 e. The second-order valence-electron chi connectivity index (χ2n) is 5.34. The van der Waals surface area contributed by atoms with Crippen LogP contribution in [-0.4, -0.2) is 50.2 Å². The first-order valence-electron chi connectivity index (χ1n) is 7.33. The third-order valence-corrected chi connectivity index (χ3v) is 3.51. The van der Waals surface area contributed by atoms with Crippen LogP contribution >= 0.6 is 0 Å². The van der Waals surface area contributed by atoms with Gasteiger partial charge in [0, 0.05) is 32.2 Å². The average Bonchev–Trinajstić information content (AvgIpc) is 2.52. The van der Waals surface area contributed by atoms with E-state index < -0.39 is 0 Å². The summed E-state index contributed by atoms with van der Waals surface area (Å²) >= 11 is 0. The normalized spacial score (nSPS) is 16.3. The zero-order valence-electron chi connectivity index (χ0n) is 13.0. The highest BCUT2D eigenvalue weighted by atomic mass is 16.5. The van der Waals surface area contributed by atoms with Gasteiger partial charge in [0.1, 0.15) is 5.75 Å². The maximum absolute atomic E-state index is 5.59. The number of guanidine groups is 1. The summed E-state index contributed by atoms with van der Waals surface area (Å²) in [6, 6.07) is 8.35. The quantitative estimate of drug-likeness (QED) is 0.377. The highest BCUT2D eigenvalue weighted by molar-refractivity contribution is 5.80. The van der Waals surface area contributed by atoms with Crippen LogP contribution in [0.2, 0.25) is 0 Å². The molecule has 1 aliphatic rings. The summed E-state index contributed by atoms with van der Waals surface area (Å²) in [7, 11) is 1.71. The lowest BCUT2D eigenvalue weighted by atomic mass is 10.2.